The molecule has 104 valence electrons. The number of hydrogen-bond acceptors (Lipinski definition) is 4. The fraction of sp³-hybridized carbons (Fsp3) is 0.500. The van der Waals surface area contributed by atoms with E-state index in [1.54, 1.807) is 26.8 Å². The molecule has 1 heterocycles. The average molecular weight is 267 g/mol. The number of anilines is 1. The summed E-state index contributed by atoms with van der Waals surface area (Å²) < 4.78 is 18.5. The van der Waals surface area contributed by atoms with Crippen molar-refractivity contribution >= 4 is 11.7 Å². The van der Waals surface area contributed by atoms with Gasteiger partial charge in [0, 0.05) is 12.1 Å². The van der Waals surface area contributed by atoms with E-state index in [1.165, 1.54) is 12.1 Å². The number of ether oxygens (including phenoxy) is 1. The lowest BCUT2D eigenvalue weighted by Crippen LogP contribution is -2.51. The van der Waals surface area contributed by atoms with Crippen molar-refractivity contribution < 1.29 is 19.0 Å². The highest BCUT2D eigenvalue weighted by Crippen LogP contribution is 2.34. The molecule has 0 fully saturated rings. The van der Waals surface area contributed by atoms with Crippen LogP contribution in [0.2, 0.25) is 0 Å². The molecular formula is C14H18FNO3. The summed E-state index contributed by atoms with van der Waals surface area (Å²) in [6.07, 6.45) is 0.286. The Kier molecular flexibility index (Phi) is 3.26. The molecule has 0 radical (unpaired) electrons. The Morgan fingerprint density at radius 3 is 2.79 bits per heavy atom. The zero-order valence-corrected chi connectivity index (χ0v) is 11.3. The Morgan fingerprint density at radius 2 is 2.21 bits per heavy atom. The Hall–Kier alpha value is -1.62. The van der Waals surface area contributed by atoms with Gasteiger partial charge in [-0.25, -0.2) is 9.18 Å². The number of carbonyl (C=O) groups excluding carboxylic acids is 1. The van der Waals surface area contributed by atoms with Crippen LogP contribution in [0.25, 0.3) is 0 Å². The van der Waals surface area contributed by atoms with Crippen molar-refractivity contribution in [3.05, 3.63) is 29.6 Å². The number of carbonyl (C=O) groups is 1. The molecule has 0 aromatic heterocycles. The molecule has 1 aromatic rings. The summed E-state index contributed by atoms with van der Waals surface area (Å²) in [6.45, 7) is 4.88. The number of nitrogens with one attached hydrogen (secondary N) is 1. The molecule has 1 unspecified atom stereocenters. The summed E-state index contributed by atoms with van der Waals surface area (Å²) in [5.74, 6) is -0.914. The van der Waals surface area contributed by atoms with E-state index in [0.717, 1.165) is 5.56 Å². The van der Waals surface area contributed by atoms with E-state index in [1.807, 2.05) is 0 Å². The quantitative estimate of drug-likeness (QED) is 0.803. The molecule has 1 atom stereocenters. The number of aliphatic hydroxyl groups excluding tert-OH is 1. The van der Waals surface area contributed by atoms with Crippen LogP contribution < -0.4 is 5.32 Å². The minimum atomic E-state index is -1.22. The third-order valence-corrected chi connectivity index (χ3v) is 3.00. The van der Waals surface area contributed by atoms with Gasteiger partial charge in [-0.3, -0.25) is 0 Å². The van der Waals surface area contributed by atoms with Gasteiger partial charge in [0.1, 0.15) is 11.4 Å². The summed E-state index contributed by atoms with van der Waals surface area (Å²) in [7, 11) is 0. The largest absolute Gasteiger partial charge is 0.458 e. The van der Waals surface area contributed by atoms with Crippen LogP contribution in [0, 0.1) is 5.82 Å². The summed E-state index contributed by atoms with van der Waals surface area (Å²) in [5, 5.41) is 12.5. The lowest BCUT2D eigenvalue weighted by atomic mass is 9.96. The van der Waals surface area contributed by atoms with Crippen LogP contribution in [0.1, 0.15) is 26.3 Å². The first-order valence-electron chi connectivity index (χ1n) is 6.17. The van der Waals surface area contributed by atoms with Crippen molar-refractivity contribution in [2.45, 2.75) is 38.3 Å². The standard InChI is InChI=1S/C14H18FNO3/c1-13(2,3)19-12(18)14(8-17)7-9-4-5-10(15)6-11(9)16-14/h4-6,16-17H,7-8H2,1-3H3. The lowest BCUT2D eigenvalue weighted by molar-refractivity contribution is -0.161. The van der Waals surface area contributed by atoms with Gasteiger partial charge in [0.05, 0.1) is 6.61 Å². The number of fused-ring (bicyclic) bond motifs is 1. The molecule has 1 aromatic carbocycles. The molecule has 0 aliphatic carbocycles. The van der Waals surface area contributed by atoms with Crippen LogP contribution in [0.15, 0.2) is 18.2 Å². The molecule has 4 nitrogen and oxygen atoms in total. The first-order valence-corrected chi connectivity index (χ1v) is 6.17. The van der Waals surface area contributed by atoms with Crippen molar-refractivity contribution in [2.24, 2.45) is 0 Å². The molecule has 1 aliphatic heterocycles. The molecule has 1 aliphatic rings. The summed E-state index contributed by atoms with van der Waals surface area (Å²) >= 11 is 0. The van der Waals surface area contributed by atoms with E-state index in [-0.39, 0.29) is 12.2 Å². The number of benzene rings is 1. The topological polar surface area (TPSA) is 58.6 Å². The van der Waals surface area contributed by atoms with E-state index in [0.29, 0.717) is 5.69 Å². The molecular weight excluding hydrogens is 249 g/mol. The molecule has 2 rings (SSSR count). The van der Waals surface area contributed by atoms with Crippen molar-refractivity contribution in [1.29, 1.82) is 0 Å². The second-order valence-corrected chi connectivity index (χ2v) is 5.85. The van der Waals surface area contributed by atoms with E-state index >= 15 is 0 Å². The van der Waals surface area contributed by atoms with E-state index in [4.69, 9.17) is 4.74 Å². The molecule has 0 bridgehead atoms. The maximum Gasteiger partial charge on any atom is 0.335 e. The third-order valence-electron chi connectivity index (χ3n) is 3.00. The van der Waals surface area contributed by atoms with Gasteiger partial charge in [-0.15, -0.1) is 0 Å². The average Bonchev–Trinajstić information content (AvgIpc) is 2.66. The first kappa shape index (κ1) is 13.8. The molecule has 0 amide bonds. The minimum absolute atomic E-state index is 0.286. The van der Waals surface area contributed by atoms with Gasteiger partial charge in [0.25, 0.3) is 0 Å². The molecule has 0 saturated carbocycles. The number of halogens is 1. The van der Waals surface area contributed by atoms with Crippen molar-refractivity contribution in [2.75, 3.05) is 11.9 Å². The van der Waals surface area contributed by atoms with Gasteiger partial charge >= 0.3 is 5.97 Å². The van der Waals surface area contributed by atoms with Crippen LogP contribution in [-0.2, 0) is 16.0 Å². The van der Waals surface area contributed by atoms with Gasteiger partial charge in [-0.05, 0) is 38.5 Å². The van der Waals surface area contributed by atoms with Crippen LogP contribution in [-0.4, -0.2) is 28.8 Å². The second kappa shape index (κ2) is 4.49. The number of esters is 1. The van der Waals surface area contributed by atoms with Crippen LogP contribution >= 0.6 is 0 Å². The SMILES string of the molecule is CC(C)(C)OC(=O)C1(CO)Cc2ccc(F)cc2N1. The van der Waals surface area contributed by atoms with E-state index in [9.17, 15) is 14.3 Å². The number of aliphatic hydroxyl groups is 1. The van der Waals surface area contributed by atoms with Crippen molar-refractivity contribution in [3.63, 3.8) is 0 Å². The Morgan fingerprint density at radius 1 is 1.53 bits per heavy atom. The van der Waals surface area contributed by atoms with Gasteiger partial charge in [-0.2, -0.15) is 0 Å². The summed E-state index contributed by atoms with van der Waals surface area (Å²) in [6, 6.07) is 4.26. The lowest BCUT2D eigenvalue weighted by Gasteiger charge is -2.30. The Balaban J connectivity index is 2.26. The second-order valence-electron chi connectivity index (χ2n) is 5.85. The van der Waals surface area contributed by atoms with Gasteiger partial charge in [0.15, 0.2) is 5.54 Å². The first-order chi connectivity index (χ1) is 8.76. The van der Waals surface area contributed by atoms with Gasteiger partial charge in [-0.1, -0.05) is 6.07 Å². The maximum atomic E-state index is 13.2. The monoisotopic (exact) mass is 267 g/mol. The van der Waals surface area contributed by atoms with Gasteiger partial charge < -0.3 is 15.2 Å². The molecule has 19 heavy (non-hydrogen) atoms. The van der Waals surface area contributed by atoms with Crippen LogP contribution in [0.4, 0.5) is 10.1 Å². The van der Waals surface area contributed by atoms with Crippen LogP contribution in [0.5, 0.6) is 0 Å². The van der Waals surface area contributed by atoms with Crippen LogP contribution in [0.3, 0.4) is 0 Å². The zero-order chi connectivity index (χ0) is 14.3. The van der Waals surface area contributed by atoms with E-state index in [2.05, 4.69) is 5.32 Å². The Labute approximate surface area is 111 Å². The molecule has 0 saturated heterocycles. The maximum absolute atomic E-state index is 13.2. The van der Waals surface area contributed by atoms with Crippen molar-refractivity contribution in [1.82, 2.24) is 0 Å². The highest BCUT2D eigenvalue weighted by molar-refractivity contribution is 5.88. The smallest absolute Gasteiger partial charge is 0.335 e. The number of rotatable bonds is 2. The fourth-order valence-corrected chi connectivity index (χ4v) is 2.11. The van der Waals surface area contributed by atoms with Gasteiger partial charge in [0.2, 0.25) is 0 Å². The summed E-state index contributed by atoms with van der Waals surface area (Å²) in [4.78, 5) is 12.2. The molecule has 2 N–H and O–H groups in total. The fourth-order valence-electron chi connectivity index (χ4n) is 2.11. The molecule has 5 heteroatoms. The predicted octanol–water partition coefficient (Wildman–Crippen LogP) is 1.87. The highest BCUT2D eigenvalue weighted by atomic mass is 19.1. The Bertz CT molecular complexity index is 510. The van der Waals surface area contributed by atoms with Crippen molar-refractivity contribution in [3.8, 4) is 0 Å². The van der Waals surface area contributed by atoms with E-state index < -0.39 is 23.7 Å². The minimum Gasteiger partial charge on any atom is -0.458 e. The highest BCUT2D eigenvalue weighted by Gasteiger charge is 2.46. The molecule has 0 spiro atoms. The third kappa shape index (κ3) is 2.71. The normalized spacial score (nSPS) is 21.7. The summed E-state index contributed by atoms with van der Waals surface area (Å²) in [5.41, 5.74) is -0.536. The predicted molar refractivity (Wildman–Crippen MR) is 69.4 cm³/mol. The zero-order valence-electron chi connectivity index (χ0n) is 11.3. The number of hydrogen-bond donors (Lipinski definition) is 2.